The molecule has 1 aromatic carbocycles. The Bertz CT molecular complexity index is 365. The molecule has 2 heteroatoms. The van der Waals surface area contributed by atoms with Crippen molar-refractivity contribution in [1.82, 2.24) is 5.32 Å². The minimum atomic E-state index is 0.0498. The molecule has 0 unspecified atom stereocenters. The lowest BCUT2D eigenvalue weighted by molar-refractivity contribution is 0.0935. The van der Waals surface area contributed by atoms with Gasteiger partial charge in [0.25, 0.3) is 5.91 Å². The van der Waals surface area contributed by atoms with E-state index in [1.54, 1.807) is 0 Å². The first-order chi connectivity index (χ1) is 9.21. The Labute approximate surface area is 117 Å². The topological polar surface area (TPSA) is 29.1 Å². The maximum absolute atomic E-state index is 12.0. The summed E-state index contributed by atoms with van der Waals surface area (Å²) in [6.07, 6.45) is 6.83. The molecular weight excluding hydrogens is 234 g/mol. The molecule has 0 atom stereocenters. The fourth-order valence-corrected chi connectivity index (χ4v) is 2.16. The number of benzene rings is 1. The molecule has 106 valence electrons. The SMILES string of the molecule is CCCCCc1ccc(C(=O)NC(CC)CC)cc1. The number of hydrogen-bond donors (Lipinski definition) is 1. The lowest BCUT2D eigenvalue weighted by Crippen LogP contribution is -2.33. The van der Waals surface area contributed by atoms with E-state index in [-0.39, 0.29) is 11.9 Å². The van der Waals surface area contributed by atoms with E-state index in [9.17, 15) is 4.79 Å². The molecule has 0 heterocycles. The molecule has 0 spiro atoms. The zero-order valence-corrected chi connectivity index (χ0v) is 12.5. The van der Waals surface area contributed by atoms with Crippen molar-refractivity contribution >= 4 is 5.91 Å². The summed E-state index contributed by atoms with van der Waals surface area (Å²) in [5.41, 5.74) is 2.10. The van der Waals surface area contributed by atoms with Crippen molar-refractivity contribution in [3.63, 3.8) is 0 Å². The number of hydrogen-bond acceptors (Lipinski definition) is 1. The molecule has 1 rings (SSSR count). The third kappa shape index (κ3) is 5.46. The van der Waals surface area contributed by atoms with Crippen molar-refractivity contribution in [2.45, 2.75) is 65.3 Å². The largest absolute Gasteiger partial charge is 0.349 e. The second-order valence-corrected chi connectivity index (χ2v) is 5.14. The zero-order valence-electron chi connectivity index (χ0n) is 12.5. The van der Waals surface area contributed by atoms with E-state index in [1.165, 1.54) is 24.8 Å². The second-order valence-electron chi connectivity index (χ2n) is 5.14. The molecule has 0 bridgehead atoms. The van der Waals surface area contributed by atoms with Crippen LogP contribution in [0.3, 0.4) is 0 Å². The van der Waals surface area contributed by atoms with Crippen LogP contribution < -0.4 is 5.32 Å². The summed E-state index contributed by atoms with van der Waals surface area (Å²) < 4.78 is 0. The van der Waals surface area contributed by atoms with Gasteiger partial charge in [0.2, 0.25) is 0 Å². The van der Waals surface area contributed by atoms with Gasteiger partial charge in [-0.05, 0) is 43.4 Å². The molecule has 1 aromatic rings. The molecule has 1 amide bonds. The van der Waals surface area contributed by atoms with Crippen molar-refractivity contribution in [3.8, 4) is 0 Å². The fourth-order valence-electron chi connectivity index (χ4n) is 2.16. The molecular formula is C17H27NO. The van der Waals surface area contributed by atoms with Crippen LogP contribution in [0, 0.1) is 0 Å². The Hall–Kier alpha value is -1.31. The molecule has 1 N–H and O–H groups in total. The van der Waals surface area contributed by atoms with Gasteiger partial charge < -0.3 is 5.32 Å². The average molecular weight is 261 g/mol. The van der Waals surface area contributed by atoms with Gasteiger partial charge in [-0.1, -0.05) is 45.7 Å². The highest BCUT2D eigenvalue weighted by atomic mass is 16.1. The summed E-state index contributed by atoms with van der Waals surface area (Å²) >= 11 is 0. The van der Waals surface area contributed by atoms with Crippen LogP contribution in [-0.4, -0.2) is 11.9 Å². The highest BCUT2D eigenvalue weighted by Gasteiger charge is 2.10. The van der Waals surface area contributed by atoms with Gasteiger partial charge >= 0.3 is 0 Å². The average Bonchev–Trinajstić information content (AvgIpc) is 2.45. The standard InChI is InChI=1S/C17H27NO/c1-4-7-8-9-14-10-12-15(13-11-14)17(19)18-16(5-2)6-3/h10-13,16H,4-9H2,1-3H3,(H,18,19). The van der Waals surface area contributed by atoms with Gasteiger partial charge in [-0.2, -0.15) is 0 Å². The molecule has 0 aliphatic rings. The highest BCUT2D eigenvalue weighted by molar-refractivity contribution is 5.94. The van der Waals surface area contributed by atoms with Gasteiger partial charge in [0.15, 0.2) is 0 Å². The van der Waals surface area contributed by atoms with Crippen LogP contribution in [0.5, 0.6) is 0 Å². The van der Waals surface area contributed by atoms with Gasteiger partial charge in [-0.3, -0.25) is 4.79 Å². The number of amides is 1. The summed E-state index contributed by atoms with van der Waals surface area (Å²) in [4.78, 5) is 12.0. The van der Waals surface area contributed by atoms with Crippen molar-refractivity contribution in [2.24, 2.45) is 0 Å². The first-order valence-electron chi connectivity index (χ1n) is 7.61. The molecule has 0 aromatic heterocycles. The van der Waals surface area contributed by atoms with Gasteiger partial charge in [0, 0.05) is 11.6 Å². The van der Waals surface area contributed by atoms with Crippen LogP contribution in [0.15, 0.2) is 24.3 Å². The van der Waals surface area contributed by atoms with Crippen LogP contribution in [0.1, 0.15) is 68.8 Å². The normalized spacial score (nSPS) is 10.7. The third-order valence-electron chi connectivity index (χ3n) is 3.61. The summed E-state index contributed by atoms with van der Waals surface area (Å²) in [5, 5.41) is 3.07. The fraction of sp³-hybridized carbons (Fsp3) is 0.588. The second kappa shape index (κ2) is 8.73. The summed E-state index contributed by atoms with van der Waals surface area (Å²) in [6, 6.07) is 8.34. The van der Waals surface area contributed by atoms with Crippen LogP contribution in [-0.2, 0) is 6.42 Å². The lowest BCUT2D eigenvalue weighted by atomic mass is 10.0. The Balaban J connectivity index is 2.52. The van der Waals surface area contributed by atoms with E-state index in [0.717, 1.165) is 24.8 Å². The number of unbranched alkanes of at least 4 members (excludes halogenated alkanes) is 2. The first kappa shape index (κ1) is 15.7. The minimum absolute atomic E-state index is 0.0498. The van der Waals surface area contributed by atoms with Gasteiger partial charge in [0.05, 0.1) is 0 Å². The van der Waals surface area contributed by atoms with E-state index < -0.39 is 0 Å². The predicted molar refractivity (Wildman–Crippen MR) is 81.5 cm³/mol. The number of nitrogens with one attached hydrogen (secondary N) is 1. The zero-order chi connectivity index (χ0) is 14.1. The van der Waals surface area contributed by atoms with Crippen LogP contribution in [0.25, 0.3) is 0 Å². The lowest BCUT2D eigenvalue weighted by Gasteiger charge is -2.14. The maximum Gasteiger partial charge on any atom is 0.251 e. The monoisotopic (exact) mass is 261 g/mol. The van der Waals surface area contributed by atoms with E-state index in [0.29, 0.717) is 0 Å². The third-order valence-corrected chi connectivity index (χ3v) is 3.61. The van der Waals surface area contributed by atoms with E-state index in [2.05, 4.69) is 38.2 Å². The molecule has 19 heavy (non-hydrogen) atoms. The summed E-state index contributed by atoms with van der Waals surface area (Å²) in [7, 11) is 0. The van der Waals surface area contributed by atoms with Crippen molar-refractivity contribution < 1.29 is 4.79 Å². The Morgan fingerprint density at radius 2 is 1.68 bits per heavy atom. The molecule has 0 saturated carbocycles. The van der Waals surface area contributed by atoms with E-state index in [1.807, 2.05) is 12.1 Å². The quantitative estimate of drug-likeness (QED) is 0.693. The summed E-state index contributed by atoms with van der Waals surface area (Å²) in [5.74, 6) is 0.0498. The molecule has 0 aliphatic carbocycles. The Morgan fingerprint density at radius 1 is 1.05 bits per heavy atom. The molecule has 0 radical (unpaired) electrons. The van der Waals surface area contributed by atoms with Crippen molar-refractivity contribution in [1.29, 1.82) is 0 Å². The Kier molecular flexibility index (Phi) is 7.24. The molecule has 0 aliphatic heterocycles. The van der Waals surface area contributed by atoms with Crippen LogP contribution in [0.2, 0.25) is 0 Å². The smallest absolute Gasteiger partial charge is 0.251 e. The van der Waals surface area contributed by atoms with Gasteiger partial charge in [-0.25, -0.2) is 0 Å². The number of carbonyl (C=O) groups excluding carboxylic acids is 1. The maximum atomic E-state index is 12.0. The minimum Gasteiger partial charge on any atom is -0.349 e. The van der Waals surface area contributed by atoms with E-state index >= 15 is 0 Å². The molecule has 0 fully saturated rings. The van der Waals surface area contributed by atoms with Gasteiger partial charge in [-0.15, -0.1) is 0 Å². The van der Waals surface area contributed by atoms with Crippen molar-refractivity contribution in [3.05, 3.63) is 35.4 Å². The number of carbonyl (C=O) groups is 1. The van der Waals surface area contributed by atoms with E-state index in [4.69, 9.17) is 0 Å². The van der Waals surface area contributed by atoms with Crippen LogP contribution >= 0.6 is 0 Å². The van der Waals surface area contributed by atoms with Crippen molar-refractivity contribution in [2.75, 3.05) is 0 Å². The molecule has 2 nitrogen and oxygen atoms in total. The predicted octanol–water partition coefficient (Wildman–Crippen LogP) is 4.34. The first-order valence-corrected chi connectivity index (χ1v) is 7.61. The van der Waals surface area contributed by atoms with Gasteiger partial charge in [0.1, 0.15) is 0 Å². The number of rotatable bonds is 8. The molecule has 0 saturated heterocycles. The highest BCUT2D eigenvalue weighted by Crippen LogP contribution is 2.09. The van der Waals surface area contributed by atoms with Crippen LogP contribution in [0.4, 0.5) is 0 Å². The summed E-state index contributed by atoms with van der Waals surface area (Å²) in [6.45, 7) is 6.42. The number of aryl methyl sites for hydroxylation is 1. The Morgan fingerprint density at radius 3 is 2.21 bits per heavy atom.